The van der Waals surface area contributed by atoms with Gasteiger partial charge in [0, 0.05) is 18.1 Å². The average molecular weight is 238 g/mol. The van der Waals surface area contributed by atoms with Crippen LogP contribution in [0.25, 0.3) is 5.65 Å². The molecule has 0 radical (unpaired) electrons. The van der Waals surface area contributed by atoms with E-state index < -0.39 is 0 Å². The van der Waals surface area contributed by atoms with Crippen LogP contribution in [-0.2, 0) is 0 Å². The van der Waals surface area contributed by atoms with Crippen LogP contribution < -0.4 is 4.74 Å². The molecule has 2 aromatic rings. The number of halogens is 1. The highest BCUT2D eigenvalue weighted by Gasteiger charge is 2.09. The van der Waals surface area contributed by atoms with Crippen molar-refractivity contribution in [3.8, 4) is 5.88 Å². The van der Waals surface area contributed by atoms with Gasteiger partial charge in [0.2, 0.25) is 5.65 Å². The van der Waals surface area contributed by atoms with Crippen LogP contribution in [0.1, 0.15) is 12.1 Å². The van der Waals surface area contributed by atoms with E-state index in [2.05, 4.69) is 16.5 Å². The lowest BCUT2D eigenvalue weighted by Gasteiger charge is -2.06. The highest BCUT2D eigenvalue weighted by atomic mass is 35.5. The second-order valence-corrected chi connectivity index (χ2v) is 3.78. The van der Waals surface area contributed by atoms with E-state index in [0.717, 1.165) is 12.1 Å². The minimum absolute atomic E-state index is 0.391. The first kappa shape index (κ1) is 11.0. The SMILES string of the molecule is C=CCCOc1nc(Cl)cn2c(C)cnc12. The van der Waals surface area contributed by atoms with Crippen molar-refractivity contribution in [2.45, 2.75) is 13.3 Å². The monoisotopic (exact) mass is 237 g/mol. The number of aromatic nitrogens is 3. The fourth-order valence-electron chi connectivity index (χ4n) is 1.39. The molecule has 0 saturated carbocycles. The lowest BCUT2D eigenvalue weighted by molar-refractivity contribution is 0.314. The van der Waals surface area contributed by atoms with Gasteiger partial charge in [-0.15, -0.1) is 6.58 Å². The molecule has 0 spiro atoms. The van der Waals surface area contributed by atoms with Gasteiger partial charge in [0.05, 0.1) is 6.61 Å². The Hall–Kier alpha value is -1.55. The van der Waals surface area contributed by atoms with Crippen LogP contribution in [0.2, 0.25) is 5.15 Å². The van der Waals surface area contributed by atoms with Crippen molar-refractivity contribution in [3.05, 3.63) is 35.9 Å². The molecule has 2 aromatic heterocycles. The Morgan fingerprint density at radius 1 is 1.62 bits per heavy atom. The number of nitrogens with zero attached hydrogens (tertiary/aromatic N) is 3. The molecule has 0 bridgehead atoms. The zero-order valence-electron chi connectivity index (χ0n) is 8.98. The number of fused-ring (bicyclic) bond motifs is 1. The summed E-state index contributed by atoms with van der Waals surface area (Å²) in [6, 6.07) is 0. The molecule has 0 fully saturated rings. The standard InChI is InChI=1S/C11H12ClN3O/c1-3-4-5-16-11-10-13-6-8(2)15(10)7-9(12)14-11/h3,6-7H,1,4-5H2,2H3. The van der Waals surface area contributed by atoms with E-state index in [1.54, 1.807) is 18.5 Å². The molecule has 16 heavy (non-hydrogen) atoms. The normalized spacial score (nSPS) is 10.6. The zero-order chi connectivity index (χ0) is 11.5. The molecule has 0 aliphatic carbocycles. The molecule has 2 heterocycles. The molecule has 0 aliphatic heterocycles. The van der Waals surface area contributed by atoms with Crippen molar-refractivity contribution in [1.82, 2.24) is 14.4 Å². The van der Waals surface area contributed by atoms with Gasteiger partial charge in [0.25, 0.3) is 5.88 Å². The topological polar surface area (TPSA) is 39.4 Å². The van der Waals surface area contributed by atoms with Crippen LogP contribution in [0, 0.1) is 6.92 Å². The molecular formula is C11H12ClN3O. The van der Waals surface area contributed by atoms with Crippen molar-refractivity contribution < 1.29 is 4.74 Å². The highest BCUT2D eigenvalue weighted by molar-refractivity contribution is 6.29. The van der Waals surface area contributed by atoms with Gasteiger partial charge in [0.15, 0.2) is 0 Å². The van der Waals surface area contributed by atoms with Crippen LogP contribution in [-0.4, -0.2) is 21.0 Å². The summed E-state index contributed by atoms with van der Waals surface area (Å²) in [5, 5.41) is 0.391. The number of imidazole rings is 1. The van der Waals surface area contributed by atoms with Gasteiger partial charge in [-0.25, -0.2) is 4.98 Å². The minimum Gasteiger partial charge on any atom is -0.475 e. The molecule has 0 N–H and O–H groups in total. The van der Waals surface area contributed by atoms with E-state index in [0.29, 0.717) is 23.3 Å². The van der Waals surface area contributed by atoms with Crippen LogP contribution in [0.3, 0.4) is 0 Å². The van der Waals surface area contributed by atoms with E-state index in [1.165, 1.54) is 0 Å². The summed E-state index contributed by atoms with van der Waals surface area (Å²) in [6.45, 7) is 6.10. The summed E-state index contributed by atoms with van der Waals surface area (Å²) >= 11 is 5.91. The van der Waals surface area contributed by atoms with Crippen LogP contribution in [0.15, 0.2) is 25.0 Å². The van der Waals surface area contributed by atoms with Gasteiger partial charge < -0.3 is 4.74 Å². The molecule has 2 rings (SSSR count). The molecule has 4 nitrogen and oxygen atoms in total. The summed E-state index contributed by atoms with van der Waals surface area (Å²) in [7, 11) is 0. The Morgan fingerprint density at radius 2 is 2.44 bits per heavy atom. The lowest BCUT2D eigenvalue weighted by atomic mass is 10.4. The molecule has 0 aromatic carbocycles. The molecule has 0 unspecified atom stereocenters. The summed E-state index contributed by atoms with van der Waals surface area (Å²) in [4.78, 5) is 8.34. The molecular weight excluding hydrogens is 226 g/mol. The lowest BCUT2D eigenvalue weighted by Crippen LogP contribution is -2.01. The van der Waals surface area contributed by atoms with Crippen molar-refractivity contribution in [2.24, 2.45) is 0 Å². The summed E-state index contributed by atoms with van der Waals surface area (Å²) in [6.07, 6.45) is 6.03. The molecule has 0 aliphatic rings. The largest absolute Gasteiger partial charge is 0.475 e. The number of hydrogen-bond acceptors (Lipinski definition) is 3. The number of ether oxygens (including phenoxy) is 1. The fourth-order valence-corrected chi connectivity index (χ4v) is 1.56. The predicted molar refractivity (Wildman–Crippen MR) is 63.0 cm³/mol. The van der Waals surface area contributed by atoms with Crippen molar-refractivity contribution in [3.63, 3.8) is 0 Å². The molecule has 0 amide bonds. The van der Waals surface area contributed by atoms with Crippen molar-refractivity contribution in [2.75, 3.05) is 6.61 Å². The molecule has 5 heteroatoms. The maximum absolute atomic E-state index is 5.91. The van der Waals surface area contributed by atoms with Gasteiger partial charge in [-0.3, -0.25) is 4.40 Å². The molecule has 0 saturated heterocycles. The first-order valence-corrected chi connectivity index (χ1v) is 5.34. The Morgan fingerprint density at radius 3 is 3.19 bits per heavy atom. The van der Waals surface area contributed by atoms with Gasteiger partial charge in [-0.1, -0.05) is 17.7 Å². The quantitative estimate of drug-likeness (QED) is 0.606. The number of hydrogen-bond donors (Lipinski definition) is 0. The number of rotatable bonds is 4. The van der Waals surface area contributed by atoms with Gasteiger partial charge in [-0.2, -0.15) is 4.98 Å². The maximum atomic E-state index is 5.91. The van der Waals surface area contributed by atoms with Crippen LogP contribution >= 0.6 is 11.6 Å². The smallest absolute Gasteiger partial charge is 0.259 e. The Kier molecular flexibility index (Phi) is 3.10. The predicted octanol–water partition coefficient (Wildman–Crippen LogP) is 2.65. The average Bonchev–Trinajstić information content (AvgIpc) is 2.61. The van der Waals surface area contributed by atoms with Gasteiger partial charge in [0.1, 0.15) is 5.15 Å². The van der Waals surface area contributed by atoms with E-state index in [9.17, 15) is 0 Å². The third kappa shape index (κ3) is 2.02. The zero-order valence-corrected chi connectivity index (χ0v) is 9.74. The van der Waals surface area contributed by atoms with E-state index in [4.69, 9.17) is 16.3 Å². The third-order valence-corrected chi connectivity index (χ3v) is 2.36. The van der Waals surface area contributed by atoms with Crippen molar-refractivity contribution in [1.29, 1.82) is 0 Å². The Labute approximate surface area is 98.5 Å². The van der Waals surface area contributed by atoms with Gasteiger partial charge in [-0.05, 0) is 13.3 Å². The fraction of sp³-hybridized carbons (Fsp3) is 0.273. The minimum atomic E-state index is 0.391. The Bertz CT molecular complexity index is 521. The van der Waals surface area contributed by atoms with Crippen LogP contribution in [0.5, 0.6) is 5.88 Å². The molecule has 84 valence electrons. The summed E-state index contributed by atoms with van der Waals surface area (Å²) in [5.74, 6) is 0.461. The number of aryl methyl sites for hydroxylation is 1. The second-order valence-electron chi connectivity index (χ2n) is 3.39. The van der Waals surface area contributed by atoms with E-state index >= 15 is 0 Å². The maximum Gasteiger partial charge on any atom is 0.259 e. The third-order valence-electron chi connectivity index (χ3n) is 2.18. The Balaban J connectivity index is 2.39. The van der Waals surface area contributed by atoms with Crippen molar-refractivity contribution >= 4 is 17.2 Å². The summed E-state index contributed by atoms with van der Waals surface area (Å²) < 4.78 is 7.36. The summed E-state index contributed by atoms with van der Waals surface area (Å²) in [5.41, 5.74) is 1.68. The second kappa shape index (κ2) is 4.53. The van der Waals surface area contributed by atoms with Gasteiger partial charge >= 0.3 is 0 Å². The first-order valence-electron chi connectivity index (χ1n) is 4.96. The highest BCUT2D eigenvalue weighted by Crippen LogP contribution is 2.20. The van der Waals surface area contributed by atoms with E-state index in [-0.39, 0.29) is 0 Å². The van der Waals surface area contributed by atoms with E-state index in [1.807, 2.05) is 11.3 Å². The van der Waals surface area contributed by atoms with Crippen LogP contribution in [0.4, 0.5) is 0 Å². The molecule has 0 atom stereocenters. The first-order chi connectivity index (χ1) is 7.72.